The van der Waals surface area contributed by atoms with Crippen LogP contribution in [-0.2, 0) is 21.4 Å². The van der Waals surface area contributed by atoms with E-state index in [2.05, 4.69) is 0 Å². The fraction of sp³-hybridized carbons (Fsp3) is 0.269. The smallest absolute Gasteiger partial charge is 0.270 e. The van der Waals surface area contributed by atoms with Crippen LogP contribution in [0.1, 0.15) is 24.0 Å². The fourth-order valence-electron chi connectivity index (χ4n) is 4.35. The van der Waals surface area contributed by atoms with Crippen LogP contribution < -0.4 is 4.90 Å². The molecule has 1 saturated heterocycles. The van der Waals surface area contributed by atoms with Crippen LogP contribution in [0.3, 0.4) is 0 Å². The molecule has 0 aliphatic carbocycles. The van der Waals surface area contributed by atoms with Gasteiger partial charge >= 0.3 is 0 Å². The standard InChI is InChI=1S/C26H27N3O5S/c1-20-12-13-24(29(31)32)18-25(20)35(33,34)27-16-14-22(15-17-27)26(30)28(23-10-6-3-7-11-23)19-21-8-4-2-5-9-21/h2-13,18,22H,14-17,19H2,1H3. The Kier molecular flexibility index (Phi) is 7.28. The van der Waals surface area contributed by atoms with E-state index in [1.165, 1.54) is 16.4 Å². The maximum atomic E-state index is 13.6. The number of hydrogen-bond acceptors (Lipinski definition) is 5. The predicted octanol–water partition coefficient (Wildman–Crippen LogP) is 4.54. The number of amides is 1. The van der Waals surface area contributed by atoms with Crippen LogP contribution in [0.2, 0.25) is 0 Å². The number of non-ortho nitro benzene ring substituents is 1. The molecule has 0 saturated carbocycles. The SMILES string of the molecule is Cc1ccc([N+](=O)[O-])cc1S(=O)(=O)N1CCC(C(=O)N(Cc2ccccc2)c2ccccc2)CC1. The third-order valence-electron chi connectivity index (χ3n) is 6.32. The Morgan fingerprint density at radius 1 is 1.00 bits per heavy atom. The lowest BCUT2D eigenvalue weighted by molar-refractivity contribution is -0.385. The Balaban J connectivity index is 1.51. The molecule has 3 aromatic rings. The third-order valence-corrected chi connectivity index (χ3v) is 8.36. The molecule has 8 nitrogen and oxygen atoms in total. The maximum Gasteiger partial charge on any atom is 0.270 e. The maximum absolute atomic E-state index is 13.6. The van der Waals surface area contributed by atoms with E-state index in [4.69, 9.17) is 0 Å². The van der Waals surface area contributed by atoms with Crippen molar-refractivity contribution in [3.05, 3.63) is 100 Å². The number of nitro benzene ring substituents is 1. The summed E-state index contributed by atoms with van der Waals surface area (Å²) in [5.41, 5.74) is 1.99. The summed E-state index contributed by atoms with van der Waals surface area (Å²) >= 11 is 0. The average Bonchev–Trinajstić information content (AvgIpc) is 2.88. The number of para-hydroxylation sites is 1. The Hall–Kier alpha value is -3.56. The van der Waals surface area contributed by atoms with Crippen LogP contribution in [0.25, 0.3) is 0 Å². The van der Waals surface area contributed by atoms with Crippen LogP contribution in [0.15, 0.2) is 83.8 Å². The first-order valence-electron chi connectivity index (χ1n) is 11.4. The Bertz CT molecular complexity index is 1310. The lowest BCUT2D eigenvalue weighted by atomic mass is 9.96. The van der Waals surface area contributed by atoms with Gasteiger partial charge in [0, 0.05) is 36.8 Å². The molecule has 9 heteroatoms. The van der Waals surface area contributed by atoms with E-state index in [-0.39, 0.29) is 35.5 Å². The lowest BCUT2D eigenvalue weighted by Gasteiger charge is -2.34. The van der Waals surface area contributed by atoms with Gasteiger partial charge in [0.25, 0.3) is 5.69 Å². The average molecular weight is 494 g/mol. The van der Waals surface area contributed by atoms with Gasteiger partial charge in [-0.25, -0.2) is 8.42 Å². The zero-order chi connectivity index (χ0) is 25.0. The molecular weight excluding hydrogens is 466 g/mol. The molecule has 0 unspecified atom stereocenters. The zero-order valence-electron chi connectivity index (χ0n) is 19.4. The molecule has 3 aromatic carbocycles. The summed E-state index contributed by atoms with van der Waals surface area (Å²) in [6.45, 7) is 2.40. The summed E-state index contributed by atoms with van der Waals surface area (Å²) in [7, 11) is -3.91. The van der Waals surface area contributed by atoms with Crippen LogP contribution in [0.5, 0.6) is 0 Å². The highest BCUT2D eigenvalue weighted by Crippen LogP contribution is 2.30. The molecule has 182 valence electrons. The first kappa shape index (κ1) is 24.6. The molecule has 0 N–H and O–H groups in total. The topological polar surface area (TPSA) is 101 Å². The second kappa shape index (κ2) is 10.4. The third kappa shape index (κ3) is 5.41. The highest BCUT2D eigenvalue weighted by atomic mass is 32.2. The quantitative estimate of drug-likeness (QED) is 0.355. The van der Waals surface area contributed by atoms with Crippen LogP contribution in [0, 0.1) is 23.0 Å². The van der Waals surface area contributed by atoms with Crippen molar-refractivity contribution < 1.29 is 18.1 Å². The predicted molar refractivity (Wildman–Crippen MR) is 133 cm³/mol. The summed E-state index contributed by atoms with van der Waals surface area (Å²) in [6, 6.07) is 23.0. The van der Waals surface area contributed by atoms with Crippen molar-refractivity contribution in [1.29, 1.82) is 0 Å². The summed E-state index contributed by atoms with van der Waals surface area (Å²) in [5.74, 6) is -0.361. The Labute approximate surface area is 205 Å². The van der Waals surface area contributed by atoms with Gasteiger partial charge in [-0.05, 0) is 43.0 Å². The molecule has 1 heterocycles. The number of nitrogens with zero attached hydrogens (tertiary/aromatic N) is 3. The van der Waals surface area contributed by atoms with Crippen LogP contribution in [0.4, 0.5) is 11.4 Å². The summed E-state index contributed by atoms with van der Waals surface area (Å²) < 4.78 is 27.9. The van der Waals surface area contributed by atoms with Gasteiger partial charge in [-0.2, -0.15) is 4.31 Å². The van der Waals surface area contributed by atoms with Crippen molar-refractivity contribution >= 4 is 27.3 Å². The van der Waals surface area contributed by atoms with E-state index in [0.29, 0.717) is 24.9 Å². The zero-order valence-corrected chi connectivity index (χ0v) is 20.2. The molecule has 0 aromatic heterocycles. The van der Waals surface area contributed by atoms with Gasteiger partial charge in [0.1, 0.15) is 0 Å². The monoisotopic (exact) mass is 493 g/mol. The minimum absolute atomic E-state index is 0.0383. The van der Waals surface area contributed by atoms with Crippen LogP contribution in [-0.4, -0.2) is 36.6 Å². The van der Waals surface area contributed by atoms with E-state index in [1.807, 2.05) is 60.7 Å². The van der Waals surface area contributed by atoms with Gasteiger partial charge < -0.3 is 4.90 Å². The Morgan fingerprint density at radius 2 is 1.60 bits per heavy atom. The number of nitro groups is 1. The van der Waals surface area contributed by atoms with Gasteiger partial charge in [-0.3, -0.25) is 14.9 Å². The molecule has 0 bridgehead atoms. The molecule has 0 atom stereocenters. The number of rotatable bonds is 7. The van der Waals surface area contributed by atoms with Crippen molar-refractivity contribution in [2.45, 2.75) is 31.2 Å². The number of sulfonamides is 1. The number of carbonyl (C=O) groups excluding carboxylic acids is 1. The van der Waals surface area contributed by atoms with Crippen molar-refractivity contribution in [1.82, 2.24) is 4.31 Å². The largest absolute Gasteiger partial charge is 0.308 e. The number of benzene rings is 3. The number of hydrogen-bond donors (Lipinski definition) is 0. The number of piperidine rings is 1. The minimum atomic E-state index is -3.91. The van der Waals surface area contributed by atoms with Gasteiger partial charge in [0.05, 0.1) is 16.4 Å². The van der Waals surface area contributed by atoms with E-state index in [1.54, 1.807) is 11.8 Å². The molecule has 1 aliphatic rings. The first-order chi connectivity index (χ1) is 16.8. The van der Waals surface area contributed by atoms with Gasteiger partial charge in [0.2, 0.25) is 15.9 Å². The highest BCUT2D eigenvalue weighted by Gasteiger charge is 2.35. The molecule has 0 radical (unpaired) electrons. The first-order valence-corrected chi connectivity index (χ1v) is 12.9. The summed E-state index contributed by atoms with van der Waals surface area (Å²) in [4.78, 5) is 25.8. The molecular formula is C26H27N3O5S. The van der Waals surface area contributed by atoms with E-state index < -0.39 is 14.9 Å². The molecule has 1 aliphatic heterocycles. The number of aryl methyl sites for hydroxylation is 1. The molecule has 1 amide bonds. The number of anilines is 1. The minimum Gasteiger partial charge on any atom is -0.308 e. The molecule has 0 spiro atoms. The molecule has 1 fully saturated rings. The van der Waals surface area contributed by atoms with Crippen molar-refractivity contribution in [2.75, 3.05) is 18.0 Å². The van der Waals surface area contributed by atoms with Crippen molar-refractivity contribution in [3.8, 4) is 0 Å². The van der Waals surface area contributed by atoms with Gasteiger partial charge in [-0.1, -0.05) is 54.6 Å². The van der Waals surface area contributed by atoms with E-state index in [0.717, 1.165) is 17.3 Å². The molecule has 4 rings (SSSR count). The second-order valence-electron chi connectivity index (χ2n) is 8.63. The van der Waals surface area contributed by atoms with Gasteiger partial charge in [-0.15, -0.1) is 0 Å². The van der Waals surface area contributed by atoms with E-state index in [9.17, 15) is 23.3 Å². The van der Waals surface area contributed by atoms with Gasteiger partial charge in [0.15, 0.2) is 0 Å². The normalized spacial score (nSPS) is 15.0. The van der Waals surface area contributed by atoms with Crippen LogP contribution >= 0.6 is 0 Å². The van der Waals surface area contributed by atoms with Crippen molar-refractivity contribution in [2.24, 2.45) is 5.92 Å². The van der Waals surface area contributed by atoms with Crippen molar-refractivity contribution in [3.63, 3.8) is 0 Å². The summed E-state index contributed by atoms with van der Waals surface area (Å²) in [5, 5.41) is 11.2. The Morgan fingerprint density at radius 3 is 2.20 bits per heavy atom. The summed E-state index contributed by atoms with van der Waals surface area (Å²) in [6.07, 6.45) is 0.758. The lowest BCUT2D eigenvalue weighted by Crippen LogP contribution is -2.44. The van der Waals surface area contributed by atoms with E-state index >= 15 is 0 Å². The number of carbonyl (C=O) groups is 1. The molecule has 35 heavy (non-hydrogen) atoms. The second-order valence-corrected chi connectivity index (χ2v) is 10.5. The highest BCUT2D eigenvalue weighted by molar-refractivity contribution is 7.89. The fourth-order valence-corrected chi connectivity index (χ4v) is 6.07.